The standard InChI is InChI=1S/C71H70BN3/c1-67(2,3)45-30-33-50(34-31-45)75-66-61(43-24-18-15-19-25-43)62(44-26-20-16-21-27-44)71(13,14)63(66)55-38-48(70(10,11)12)40-60-64(55)72(75)56-39-47(69(7,8)9)37-54-53-42-58-52(41-59(53)74(60)65(54)56)51-36-46(68(4,5)6)32-35-57(51)73(58)49-28-22-17-23-29-49/h15-42H,1-14H3. The van der Waals surface area contributed by atoms with Crippen molar-refractivity contribution < 1.29 is 0 Å². The maximum Gasteiger partial charge on any atom is 0.333 e. The second kappa shape index (κ2) is 15.9. The molecule has 0 amide bonds. The Bertz CT molecular complexity index is 4080. The lowest BCUT2D eigenvalue weighted by Gasteiger charge is -2.45. The molecule has 3 aliphatic rings. The van der Waals surface area contributed by atoms with E-state index in [9.17, 15) is 0 Å². The van der Waals surface area contributed by atoms with Gasteiger partial charge in [-0.3, -0.25) is 0 Å². The van der Waals surface area contributed by atoms with E-state index < -0.39 is 5.41 Å². The van der Waals surface area contributed by atoms with Gasteiger partial charge >= 0.3 is 6.85 Å². The molecular formula is C71H70BN3. The van der Waals surface area contributed by atoms with Gasteiger partial charge in [-0.1, -0.05) is 206 Å². The molecule has 8 aromatic carbocycles. The second-order valence-electron chi connectivity index (χ2n) is 26.7. The quantitative estimate of drug-likeness (QED) is 0.160. The van der Waals surface area contributed by atoms with Gasteiger partial charge in [0.2, 0.25) is 0 Å². The zero-order valence-electron chi connectivity index (χ0n) is 46.6. The Balaban J connectivity index is 1.24. The first-order valence-electron chi connectivity index (χ1n) is 27.4. The van der Waals surface area contributed by atoms with Crippen LogP contribution in [0.2, 0.25) is 0 Å². The third-order valence-corrected chi connectivity index (χ3v) is 17.2. The molecule has 4 heteroatoms. The number of allylic oxidation sites excluding steroid dienone is 3. The van der Waals surface area contributed by atoms with E-state index in [-0.39, 0.29) is 28.5 Å². The van der Waals surface area contributed by atoms with Gasteiger partial charge in [-0.25, -0.2) is 0 Å². The fraction of sp³-hybridized carbons (Fsp3) is 0.268. The van der Waals surface area contributed by atoms with Crippen LogP contribution < -0.4 is 15.7 Å². The zero-order chi connectivity index (χ0) is 52.5. The Morgan fingerprint density at radius 2 is 0.907 bits per heavy atom. The fourth-order valence-electron chi connectivity index (χ4n) is 13.3. The van der Waals surface area contributed by atoms with Gasteiger partial charge in [0, 0.05) is 55.3 Å². The third kappa shape index (κ3) is 7.00. The molecule has 0 saturated heterocycles. The number of nitrogens with zero attached hydrogens (tertiary/aromatic N) is 3. The molecule has 2 aliphatic heterocycles. The minimum Gasteiger partial charge on any atom is -0.376 e. The molecule has 0 bridgehead atoms. The van der Waals surface area contributed by atoms with Gasteiger partial charge in [-0.2, -0.15) is 0 Å². The van der Waals surface area contributed by atoms with E-state index in [1.165, 1.54) is 133 Å². The van der Waals surface area contributed by atoms with Crippen LogP contribution in [0.4, 0.5) is 5.69 Å². The fourth-order valence-corrected chi connectivity index (χ4v) is 13.3. The summed E-state index contributed by atoms with van der Waals surface area (Å²) in [6.45, 7) is 33.2. The molecule has 2 aromatic heterocycles. The minimum absolute atomic E-state index is 0.00307. The molecule has 0 atom stereocenters. The average molecular weight is 976 g/mol. The molecule has 10 aromatic rings. The first kappa shape index (κ1) is 47.4. The van der Waals surface area contributed by atoms with Crippen LogP contribution in [-0.2, 0) is 21.7 Å². The van der Waals surface area contributed by atoms with E-state index in [1.54, 1.807) is 0 Å². The molecule has 0 N–H and O–H groups in total. The van der Waals surface area contributed by atoms with Crippen molar-refractivity contribution in [2.45, 2.75) is 119 Å². The van der Waals surface area contributed by atoms with Gasteiger partial charge in [0.1, 0.15) is 0 Å². The predicted octanol–water partition coefficient (Wildman–Crippen LogP) is 17.4. The Morgan fingerprint density at radius 1 is 0.400 bits per heavy atom. The molecule has 0 unspecified atom stereocenters. The summed E-state index contributed by atoms with van der Waals surface area (Å²) >= 11 is 0. The maximum absolute atomic E-state index is 2.80. The lowest BCUT2D eigenvalue weighted by molar-refractivity contribution is 0.589. The van der Waals surface area contributed by atoms with Crippen molar-refractivity contribution in [3.05, 3.63) is 214 Å². The van der Waals surface area contributed by atoms with E-state index in [0.29, 0.717) is 0 Å². The highest BCUT2D eigenvalue weighted by Crippen LogP contribution is 2.61. The van der Waals surface area contributed by atoms with Gasteiger partial charge in [-0.05, 0) is 143 Å². The summed E-state index contributed by atoms with van der Waals surface area (Å²) in [5.41, 5.74) is 25.4. The highest BCUT2D eigenvalue weighted by molar-refractivity contribution is 6.93. The number of fused-ring (bicyclic) bond motifs is 9. The SMILES string of the molecule is CC1(C)C(c2ccccc2)=C(c2ccccc2)C2=C1c1cc(C(C)(C)C)cc3c1B(c1cc(C(C)(C)C)cc4c5cc6c(cc5n-3c14)c1cc(C(C)(C)C)ccc1n6-c1ccccc1)N2c1ccc(C(C)(C)C)cc1. The largest absolute Gasteiger partial charge is 0.376 e. The van der Waals surface area contributed by atoms with Crippen molar-refractivity contribution in [2.24, 2.45) is 5.41 Å². The lowest BCUT2D eigenvalue weighted by Crippen LogP contribution is -2.63. The second-order valence-corrected chi connectivity index (χ2v) is 26.7. The molecule has 3 nitrogen and oxygen atoms in total. The normalized spacial score (nSPS) is 15.5. The predicted molar refractivity (Wildman–Crippen MR) is 324 cm³/mol. The number of para-hydroxylation sites is 1. The van der Waals surface area contributed by atoms with Crippen LogP contribution in [0.5, 0.6) is 0 Å². The summed E-state index contributed by atoms with van der Waals surface area (Å²) < 4.78 is 5.23. The van der Waals surface area contributed by atoms with Crippen molar-refractivity contribution in [2.75, 3.05) is 4.81 Å². The summed E-state index contributed by atoms with van der Waals surface area (Å²) in [6, 6.07) is 65.8. The first-order valence-corrected chi connectivity index (χ1v) is 27.4. The molecule has 0 fully saturated rings. The summed E-state index contributed by atoms with van der Waals surface area (Å²) in [6.07, 6.45) is 0. The van der Waals surface area contributed by atoms with Crippen LogP contribution in [0.1, 0.15) is 136 Å². The topological polar surface area (TPSA) is 13.1 Å². The van der Waals surface area contributed by atoms with Crippen molar-refractivity contribution in [3.8, 4) is 11.4 Å². The van der Waals surface area contributed by atoms with Crippen molar-refractivity contribution in [3.63, 3.8) is 0 Å². The van der Waals surface area contributed by atoms with E-state index in [2.05, 4.69) is 281 Å². The van der Waals surface area contributed by atoms with Crippen LogP contribution in [0.25, 0.3) is 71.7 Å². The number of hydrogen-bond acceptors (Lipinski definition) is 1. The number of rotatable bonds is 4. The Kier molecular flexibility index (Phi) is 10.0. The number of benzene rings is 8. The van der Waals surface area contributed by atoms with E-state index in [0.717, 1.165) is 0 Å². The molecule has 4 heterocycles. The van der Waals surface area contributed by atoms with Crippen molar-refractivity contribution in [1.29, 1.82) is 0 Å². The molecule has 372 valence electrons. The molecule has 13 rings (SSSR count). The molecule has 1 aliphatic carbocycles. The van der Waals surface area contributed by atoms with E-state index >= 15 is 0 Å². The van der Waals surface area contributed by atoms with Crippen LogP contribution in [0.15, 0.2) is 176 Å². The van der Waals surface area contributed by atoms with Crippen LogP contribution >= 0.6 is 0 Å². The highest BCUT2D eigenvalue weighted by atomic mass is 15.1. The van der Waals surface area contributed by atoms with Crippen molar-refractivity contribution >= 4 is 83.8 Å². The highest BCUT2D eigenvalue weighted by Gasteiger charge is 2.53. The molecule has 0 radical (unpaired) electrons. The Morgan fingerprint density at radius 3 is 1.51 bits per heavy atom. The first-order chi connectivity index (χ1) is 35.5. The maximum atomic E-state index is 2.80. The van der Waals surface area contributed by atoms with Crippen LogP contribution in [0, 0.1) is 5.41 Å². The summed E-state index contributed by atoms with van der Waals surface area (Å²) in [5.74, 6) is 0. The summed E-state index contributed by atoms with van der Waals surface area (Å²) in [7, 11) is 0. The molecule has 75 heavy (non-hydrogen) atoms. The zero-order valence-corrected chi connectivity index (χ0v) is 46.6. The Labute approximate surface area is 445 Å². The smallest absolute Gasteiger partial charge is 0.333 e. The number of anilines is 1. The lowest BCUT2D eigenvalue weighted by atomic mass is 9.43. The summed E-state index contributed by atoms with van der Waals surface area (Å²) in [4.78, 5) is 2.80. The third-order valence-electron chi connectivity index (χ3n) is 17.2. The monoisotopic (exact) mass is 976 g/mol. The van der Waals surface area contributed by atoms with Gasteiger partial charge in [0.25, 0.3) is 0 Å². The van der Waals surface area contributed by atoms with E-state index in [1.807, 2.05) is 0 Å². The van der Waals surface area contributed by atoms with Gasteiger partial charge in [0.05, 0.1) is 22.1 Å². The van der Waals surface area contributed by atoms with Gasteiger partial charge in [0.15, 0.2) is 0 Å². The summed E-state index contributed by atoms with van der Waals surface area (Å²) in [5, 5.41) is 5.16. The minimum atomic E-state index is -0.390. The van der Waals surface area contributed by atoms with Crippen molar-refractivity contribution in [1.82, 2.24) is 9.13 Å². The molecule has 0 saturated carbocycles. The number of aromatic nitrogens is 2. The molecular weight excluding hydrogens is 906 g/mol. The Hall–Kier alpha value is -7.30. The van der Waals surface area contributed by atoms with Gasteiger partial charge < -0.3 is 13.9 Å². The van der Waals surface area contributed by atoms with Crippen LogP contribution in [0.3, 0.4) is 0 Å². The van der Waals surface area contributed by atoms with Gasteiger partial charge in [-0.15, -0.1) is 0 Å². The van der Waals surface area contributed by atoms with Crippen LogP contribution in [-0.4, -0.2) is 16.0 Å². The average Bonchev–Trinajstić information content (AvgIpc) is 3.96. The number of hydrogen-bond donors (Lipinski definition) is 0. The molecule has 0 spiro atoms. The van der Waals surface area contributed by atoms with E-state index in [4.69, 9.17) is 0 Å².